The molecule has 4 N–H and O–H groups in total. The summed E-state index contributed by atoms with van der Waals surface area (Å²) in [6.07, 6.45) is 1.68. The van der Waals surface area contributed by atoms with Gasteiger partial charge in [0.25, 0.3) is 5.91 Å². The molecule has 0 aliphatic carbocycles. The van der Waals surface area contributed by atoms with E-state index in [9.17, 15) is 9.59 Å². The molecule has 0 aromatic carbocycles. The minimum absolute atomic E-state index is 0.138. The summed E-state index contributed by atoms with van der Waals surface area (Å²) in [7, 11) is 1.54. The zero-order chi connectivity index (χ0) is 14.7. The highest BCUT2D eigenvalue weighted by atomic mass is 16.4. The van der Waals surface area contributed by atoms with Crippen LogP contribution in [0.2, 0.25) is 0 Å². The molecule has 0 aliphatic heterocycles. The molecule has 2 aromatic rings. The van der Waals surface area contributed by atoms with Gasteiger partial charge in [-0.15, -0.1) is 0 Å². The van der Waals surface area contributed by atoms with E-state index in [-0.39, 0.29) is 11.7 Å². The second-order valence-corrected chi connectivity index (χ2v) is 4.14. The maximum atomic E-state index is 11.4. The number of hydrogen-bond donors (Lipinski definition) is 3. The van der Waals surface area contributed by atoms with Crippen molar-refractivity contribution in [2.45, 2.75) is 13.5 Å². The fraction of sp³-hybridized carbons (Fsp3) is 0.250. The molecule has 0 bridgehead atoms. The van der Waals surface area contributed by atoms with E-state index in [1.807, 2.05) is 5.43 Å². The lowest BCUT2D eigenvalue weighted by Crippen LogP contribution is -2.29. The summed E-state index contributed by atoms with van der Waals surface area (Å²) < 4.78 is 6.89. The van der Waals surface area contributed by atoms with E-state index in [4.69, 9.17) is 10.3 Å². The smallest absolute Gasteiger partial charge is 0.300 e. The number of hydrogen-bond acceptors (Lipinski definition) is 5. The Morgan fingerprint density at radius 1 is 1.45 bits per heavy atom. The standard InChI is InChI=1S/C12H15N5O3/c1-7-8(5-10(20-7)12(19)15-13)6-17-4-3-9(16-17)11(18)14-2/h3-5H,6,13H2,1-2H3,(H,14,18)(H,15,19). The van der Waals surface area contributed by atoms with Gasteiger partial charge in [-0.1, -0.05) is 0 Å². The highest BCUT2D eigenvalue weighted by Gasteiger charge is 2.14. The van der Waals surface area contributed by atoms with Crippen LogP contribution in [0.5, 0.6) is 0 Å². The van der Waals surface area contributed by atoms with Gasteiger partial charge in [-0.3, -0.25) is 19.7 Å². The lowest BCUT2D eigenvalue weighted by Gasteiger charge is -1.99. The van der Waals surface area contributed by atoms with Gasteiger partial charge in [0.15, 0.2) is 5.76 Å². The molecule has 2 heterocycles. The van der Waals surface area contributed by atoms with Crippen LogP contribution < -0.4 is 16.6 Å². The third-order valence-electron chi connectivity index (χ3n) is 2.81. The van der Waals surface area contributed by atoms with Crippen molar-refractivity contribution in [2.75, 3.05) is 7.05 Å². The maximum Gasteiger partial charge on any atom is 0.300 e. The number of aromatic nitrogens is 2. The Bertz CT molecular complexity index is 643. The van der Waals surface area contributed by atoms with Crippen LogP contribution in [0.3, 0.4) is 0 Å². The Morgan fingerprint density at radius 3 is 2.85 bits per heavy atom. The van der Waals surface area contributed by atoms with Crippen molar-refractivity contribution >= 4 is 11.8 Å². The van der Waals surface area contributed by atoms with Crippen molar-refractivity contribution < 1.29 is 14.0 Å². The lowest BCUT2D eigenvalue weighted by atomic mass is 10.2. The third kappa shape index (κ3) is 2.69. The first-order valence-electron chi connectivity index (χ1n) is 5.91. The Kier molecular flexibility index (Phi) is 3.85. The minimum atomic E-state index is -0.495. The summed E-state index contributed by atoms with van der Waals surface area (Å²) in [5.41, 5.74) is 3.12. The monoisotopic (exact) mass is 277 g/mol. The number of hydrazine groups is 1. The predicted octanol–water partition coefficient (Wildman–Crippen LogP) is -0.204. The van der Waals surface area contributed by atoms with Gasteiger partial charge in [-0.2, -0.15) is 5.10 Å². The maximum absolute atomic E-state index is 11.4. The van der Waals surface area contributed by atoms with E-state index in [0.717, 1.165) is 5.56 Å². The molecule has 0 saturated heterocycles. The Hall–Kier alpha value is -2.61. The van der Waals surface area contributed by atoms with Crippen molar-refractivity contribution in [1.29, 1.82) is 0 Å². The molecule has 8 heteroatoms. The largest absolute Gasteiger partial charge is 0.456 e. The van der Waals surface area contributed by atoms with E-state index >= 15 is 0 Å². The van der Waals surface area contributed by atoms with Gasteiger partial charge < -0.3 is 9.73 Å². The van der Waals surface area contributed by atoms with Crippen LogP contribution in [0.4, 0.5) is 0 Å². The lowest BCUT2D eigenvalue weighted by molar-refractivity contribution is 0.0923. The molecule has 20 heavy (non-hydrogen) atoms. The molecule has 0 unspecified atom stereocenters. The van der Waals surface area contributed by atoms with Gasteiger partial charge >= 0.3 is 5.91 Å². The molecule has 0 spiro atoms. The Balaban J connectivity index is 2.18. The van der Waals surface area contributed by atoms with Crippen LogP contribution in [-0.4, -0.2) is 28.6 Å². The molecular formula is C12H15N5O3. The summed E-state index contributed by atoms with van der Waals surface area (Å²) in [6, 6.07) is 3.21. The van der Waals surface area contributed by atoms with Gasteiger partial charge in [0.1, 0.15) is 11.5 Å². The van der Waals surface area contributed by atoms with Gasteiger partial charge in [0.2, 0.25) is 0 Å². The molecule has 0 fully saturated rings. The summed E-state index contributed by atoms with van der Waals surface area (Å²) in [5, 5.41) is 6.63. The summed E-state index contributed by atoms with van der Waals surface area (Å²) in [6.45, 7) is 2.13. The van der Waals surface area contributed by atoms with Gasteiger partial charge in [0.05, 0.1) is 6.54 Å². The fourth-order valence-electron chi connectivity index (χ4n) is 1.73. The highest BCUT2D eigenvalue weighted by Crippen LogP contribution is 2.15. The van der Waals surface area contributed by atoms with Crippen molar-refractivity contribution in [3.05, 3.63) is 41.1 Å². The molecule has 0 atom stereocenters. The van der Waals surface area contributed by atoms with Crippen LogP contribution in [0, 0.1) is 6.92 Å². The Morgan fingerprint density at radius 2 is 2.20 bits per heavy atom. The van der Waals surface area contributed by atoms with Crippen molar-refractivity contribution in [1.82, 2.24) is 20.5 Å². The van der Waals surface area contributed by atoms with Crippen LogP contribution >= 0.6 is 0 Å². The number of rotatable bonds is 4. The number of furan rings is 1. The zero-order valence-corrected chi connectivity index (χ0v) is 11.1. The predicted molar refractivity (Wildman–Crippen MR) is 69.8 cm³/mol. The van der Waals surface area contributed by atoms with Crippen LogP contribution in [-0.2, 0) is 6.54 Å². The van der Waals surface area contributed by atoms with Gasteiger partial charge in [0, 0.05) is 18.8 Å². The molecule has 2 aromatic heterocycles. The first-order chi connectivity index (χ1) is 9.55. The number of nitrogen functional groups attached to an aromatic ring is 1. The first kappa shape index (κ1) is 13.8. The molecule has 106 valence electrons. The van der Waals surface area contributed by atoms with Crippen molar-refractivity contribution in [2.24, 2.45) is 5.84 Å². The zero-order valence-electron chi connectivity index (χ0n) is 11.1. The van der Waals surface area contributed by atoms with E-state index in [0.29, 0.717) is 18.0 Å². The summed E-state index contributed by atoms with van der Waals surface area (Å²) in [5.74, 6) is 5.03. The van der Waals surface area contributed by atoms with Crippen LogP contribution in [0.1, 0.15) is 32.4 Å². The van der Waals surface area contributed by atoms with Gasteiger partial charge in [-0.05, 0) is 19.1 Å². The van der Waals surface area contributed by atoms with Crippen molar-refractivity contribution in [3.63, 3.8) is 0 Å². The normalized spacial score (nSPS) is 10.3. The summed E-state index contributed by atoms with van der Waals surface area (Å²) >= 11 is 0. The molecule has 0 saturated carbocycles. The molecule has 0 aliphatic rings. The molecular weight excluding hydrogens is 262 g/mol. The van der Waals surface area contributed by atoms with Crippen molar-refractivity contribution in [3.8, 4) is 0 Å². The van der Waals surface area contributed by atoms with Gasteiger partial charge in [-0.25, -0.2) is 5.84 Å². The van der Waals surface area contributed by atoms with E-state index in [1.54, 1.807) is 37.0 Å². The van der Waals surface area contributed by atoms with E-state index < -0.39 is 5.91 Å². The quantitative estimate of drug-likeness (QED) is 0.406. The molecule has 2 amide bonds. The average molecular weight is 277 g/mol. The fourth-order valence-corrected chi connectivity index (χ4v) is 1.73. The number of nitrogens with zero attached hydrogens (tertiary/aromatic N) is 2. The number of nitrogens with two attached hydrogens (primary N) is 1. The molecule has 0 radical (unpaired) electrons. The second kappa shape index (κ2) is 5.57. The number of aryl methyl sites for hydroxylation is 1. The highest BCUT2D eigenvalue weighted by molar-refractivity contribution is 5.92. The van der Waals surface area contributed by atoms with Crippen LogP contribution in [0.25, 0.3) is 0 Å². The average Bonchev–Trinajstić information content (AvgIpc) is 3.05. The number of nitrogens with one attached hydrogen (secondary N) is 2. The van der Waals surface area contributed by atoms with E-state index in [2.05, 4.69) is 10.4 Å². The van der Waals surface area contributed by atoms with Crippen LogP contribution in [0.15, 0.2) is 22.7 Å². The SMILES string of the molecule is CNC(=O)c1ccn(Cc2cc(C(=O)NN)oc2C)n1. The number of amides is 2. The Labute approximate surface area is 114 Å². The first-order valence-corrected chi connectivity index (χ1v) is 5.91. The summed E-state index contributed by atoms with van der Waals surface area (Å²) in [4.78, 5) is 22.8. The molecule has 2 rings (SSSR count). The second-order valence-electron chi connectivity index (χ2n) is 4.14. The third-order valence-corrected chi connectivity index (χ3v) is 2.81. The molecule has 8 nitrogen and oxygen atoms in total. The van der Waals surface area contributed by atoms with E-state index in [1.165, 1.54) is 0 Å². The number of carbonyl (C=O) groups is 2. The topological polar surface area (TPSA) is 115 Å². The number of carbonyl (C=O) groups excluding carboxylic acids is 2. The minimum Gasteiger partial charge on any atom is -0.456 e.